The van der Waals surface area contributed by atoms with Crippen LogP contribution in [0.3, 0.4) is 0 Å². The Hall–Kier alpha value is -0.450. The molecule has 0 saturated carbocycles. The van der Waals surface area contributed by atoms with Gasteiger partial charge in [-0.15, -0.1) is 11.3 Å². The zero-order valence-electron chi connectivity index (χ0n) is 8.40. The molecule has 4 heteroatoms. The number of nitrogens with one attached hydrogen (secondary N) is 1. The van der Waals surface area contributed by atoms with Crippen LogP contribution in [-0.2, 0) is 4.74 Å². The SMILES string of the molecule is CC(NC1CCOCC1)c1cscn1. The van der Waals surface area contributed by atoms with Gasteiger partial charge in [-0.25, -0.2) is 4.98 Å². The Morgan fingerprint density at radius 3 is 3.00 bits per heavy atom. The molecule has 3 nitrogen and oxygen atoms in total. The van der Waals surface area contributed by atoms with Gasteiger partial charge in [-0.2, -0.15) is 0 Å². The van der Waals surface area contributed by atoms with Crippen molar-refractivity contribution in [1.29, 1.82) is 0 Å². The van der Waals surface area contributed by atoms with E-state index in [2.05, 4.69) is 22.6 Å². The second-order valence-corrected chi connectivity index (χ2v) is 4.41. The van der Waals surface area contributed by atoms with Crippen molar-refractivity contribution in [2.75, 3.05) is 13.2 Å². The Labute approximate surface area is 88.5 Å². The van der Waals surface area contributed by atoms with Gasteiger partial charge in [0.15, 0.2) is 0 Å². The molecule has 1 saturated heterocycles. The molecule has 0 spiro atoms. The van der Waals surface area contributed by atoms with Crippen LogP contribution in [0.2, 0.25) is 0 Å². The zero-order chi connectivity index (χ0) is 9.80. The molecule has 0 radical (unpaired) electrons. The molecule has 1 unspecified atom stereocenters. The van der Waals surface area contributed by atoms with Crippen molar-refractivity contribution in [3.8, 4) is 0 Å². The molecule has 1 aromatic heterocycles. The van der Waals surface area contributed by atoms with E-state index in [0.29, 0.717) is 12.1 Å². The first-order valence-electron chi connectivity index (χ1n) is 5.08. The standard InChI is InChI=1S/C10H16N2OS/c1-8(10-6-14-7-11-10)12-9-2-4-13-5-3-9/h6-9,12H,2-5H2,1H3. The van der Waals surface area contributed by atoms with Crippen molar-refractivity contribution in [1.82, 2.24) is 10.3 Å². The highest BCUT2D eigenvalue weighted by molar-refractivity contribution is 7.07. The van der Waals surface area contributed by atoms with Crippen LogP contribution in [0.15, 0.2) is 10.9 Å². The number of hydrogen-bond acceptors (Lipinski definition) is 4. The third kappa shape index (κ3) is 2.53. The van der Waals surface area contributed by atoms with Crippen molar-refractivity contribution >= 4 is 11.3 Å². The number of rotatable bonds is 3. The summed E-state index contributed by atoms with van der Waals surface area (Å²) in [5.41, 5.74) is 3.04. The van der Waals surface area contributed by atoms with Crippen LogP contribution in [0.5, 0.6) is 0 Å². The van der Waals surface area contributed by atoms with Gasteiger partial charge in [0.2, 0.25) is 0 Å². The predicted molar refractivity (Wildman–Crippen MR) is 57.5 cm³/mol. The summed E-state index contributed by atoms with van der Waals surface area (Å²) in [4.78, 5) is 4.31. The topological polar surface area (TPSA) is 34.1 Å². The first-order valence-corrected chi connectivity index (χ1v) is 6.02. The van der Waals surface area contributed by atoms with Crippen molar-refractivity contribution in [3.63, 3.8) is 0 Å². The second kappa shape index (κ2) is 4.87. The Bertz CT molecular complexity index is 257. The lowest BCUT2D eigenvalue weighted by Crippen LogP contribution is -2.36. The third-order valence-corrected chi connectivity index (χ3v) is 3.21. The van der Waals surface area contributed by atoms with E-state index in [1.165, 1.54) is 0 Å². The molecule has 0 aliphatic carbocycles. The smallest absolute Gasteiger partial charge is 0.0795 e. The van der Waals surface area contributed by atoms with E-state index in [1.807, 2.05) is 5.51 Å². The highest BCUT2D eigenvalue weighted by Crippen LogP contribution is 2.15. The van der Waals surface area contributed by atoms with E-state index in [0.717, 1.165) is 31.7 Å². The molecule has 0 aromatic carbocycles. The van der Waals surface area contributed by atoms with Crippen LogP contribution in [-0.4, -0.2) is 24.2 Å². The van der Waals surface area contributed by atoms with E-state index < -0.39 is 0 Å². The van der Waals surface area contributed by atoms with E-state index in [1.54, 1.807) is 11.3 Å². The Kier molecular flexibility index (Phi) is 3.50. The summed E-state index contributed by atoms with van der Waals surface area (Å²) in [5, 5.41) is 5.69. The minimum Gasteiger partial charge on any atom is -0.381 e. The minimum absolute atomic E-state index is 0.365. The summed E-state index contributed by atoms with van der Waals surface area (Å²) in [6.45, 7) is 3.95. The molecule has 1 aromatic rings. The molecule has 0 bridgehead atoms. The van der Waals surface area contributed by atoms with E-state index in [-0.39, 0.29) is 0 Å². The maximum Gasteiger partial charge on any atom is 0.0795 e. The van der Waals surface area contributed by atoms with Crippen molar-refractivity contribution in [2.45, 2.75) is 31.8 Å². The van der Waals surface area contributed by atoms with Crippen molar-refractivity contribution in [2.24, 2.45) is 0 Å². The van der Waals surface area contributed by atoms with Crippen LogP contribution in [0, 0.1) is 0 Å². The molecule has 1 atom stereocenters. The fourth-order valence-electron chi connectivity index (χ4n) is 1.74. The molecular weight excluding hydrogens is 196 g/mol. The molecule has 2 rings (SSSR count). The van der Waals surface area contributed by atoms with Crippen LogP contribution >= 0.6 is 11.3 Å². The van der Waals surface area contributed by atoms with Crippen LogP contribution in [0.25, 0.3) is 0 Å². The van der Waals surface area contributed by atoms with Crippen molar-refractivity contribution < 1.29 is 4.74 Å². The van der Waals surface area contributed by atoms with Crippen LogP contribution in [0.1, 0.15) is 31.5 Å². The zero-order valence-corrected chi connectivity index (χ0v) is 9.22. The normalized spacial score (nSPS) is 20.9. The Balaban J connectivity index is 1.84. The van der Waals surface area contributed by atoms with E-state index in [4.69, 9.17) is 4.74 Å². The average Bonchev–Trinajstić information content (AvgIpc) is 2.72. The van der Waals surface area contributed by atoms with Gasteiger partial charge >= 0.3 is 0 Å². The number of nitrogens with zero attached hydrogens (tertiary/aromatic N) is 1. The summed E-state index contributed by atoms with van der Waals surface area (Å²) in [5.74, 6) is 0. The minimum atomic E-state index is 0.365. The van der Waals surface area contributed by atoms with Gasteiger partial charge in [-0.3, -0.25) is 0 Å². The Morgan fingerprint density at radius 1 is 1.57 bits per heavy atom. The largest absolute Gasteiger partial charge is 0.381 e. The summed E-state index contributed by atoms with van der Waals surface area (Å²) in [6.07, 6.45) is 2.24. The quantitative estimate of drug-likeness (QED) is 0.832. The maximum atomic E-state index is 5.32. The van der Waals surface area contributed by atoms with Gasteiger partial charge < -0.3 is 10.1 Å². The van der Waals surface area contributed by atoms with Gasteiger partial charge in [-0.1, -0.05) is 0 Å². The monoisotopic (exact) mass is 212 g/mol. The number of thiazole rings is 1. The molecule has 2 heterocycles. The lowest BCUT2D eigenvalue weighted by atomic mass is 10.1. The van der Waals surface area contributed by atoms with Gasteiger partial charge in [0.05, 0.1) is 11.2 Å². The van der Waals surface area contributed by atoms with Gasteiger partial charge in [0, 0.05) is 30.7 Å². The fraction of sp³-hybridized carbons (Fsp3) is 0.700. The maximum absolute atomic E-state index is 5.32. The summed E-state index contributed by atoms with van der Waals surface area (Å²) in [7, 11) is 0. The first kappa shape index (κ1) is 10.1. The lowest BCUT2D eigenvalue weighted by Gasteiger charge is -2.26. The third-order valence-electron chi connectivity index (χ3n) is 2.60. The highest BCUT2D eigenvalue weighted by atomic mass is 32.1. The number of ether oxygens (including phenoxy) is 1. The van der Waals surface area contributed by atoms with Crippen molar-refractivity contribution in [3.05, 3.63) is 16.6 Å². The van der Waals surface area contributed by atoms with Crippen LogP contribution < -0.4 is 5.32 Å². The summed E-state index contributed by atoms with van der Waals surface area (Å²) >= 11 is 1.65. The molecule has 1 aliphatic rings. The van der Waals surface area contributed by atoms with Crippen LogP contribution in [0.4, 0.5) is 0 Å². The van der Waals surface area contributed by atoms with Gasteiger partial charge in [0.1, 0.15) is 0 Å². The van der Waals surface area contributed by atoms with Gasteiger partial charge in [-0.05, 0) is 19.8 Å². The molecule has 14 heavy (non-hydrogen) atoms. The molecule has 0 amide bonds. The fourth-order valence-corrected chi connectivity index (χ4v) is 2.39. The molecule has 1 fully saturated rings. The summed E-state index contributed by atoms with van der Waals surface area (Å²) in [6, 6.07) is 0.963. The predicted octanol–water partition coefficient (Wildman–Crippen LogP) is 1.97. The molecule has 1 aliphatic heterocycles. The lowest BCUT2D eigenvalue weighted by molar-refractivity contribution is 0.0753. The average molecular weight is 212 g/mol. The van der Waals surface area contributed by atoms with Gasteiger partial charge in [0.25, 0.3) is 0 Å². The van der Waals surface area contributed by atoms with E-state index in [9.17, 15) is 0 Å². The van der Waals surface area contributed by atoms with E-state index >= 15 is 0 Å². The number of hydrogen-bond donors (Lipinski definition) is 1. The second-order valence-electron chi connectivity index (χ2n) is 3.69. The summed E-state index contributed by atoms with van der Waals surface area (Å²) < 4.78 is 5.32. The Morgan fingerprint density at radius 2 is 2.36 bits per heavy atom. The first-order chi connectivity index (χ1) is 6.86. The highest BCUT2D eigenvalue weighted by Gasteiger charge is 2.17. The molecule has 1 N–H and O–H groups in total. The molecular formula is C10H16N2OS. The molecule has 78 valence electrons. The number of aromatic nitrogens is 1.